The molecule has 230 valence electrons. The van der Waals surface area contributed by atoms with Gasteiger partial charge in [0.15, 0.2) is 5.60 Å². The summed E-state index contributed by atoms with van der Waals surface area (Å²) in [5.74, 6) is -1.01. The maximum atomic E-state index is 13.3. The molecule has 2 aromatic rings. The van der Waals surface area contributed by atoms with Crippen LogP contribution in [0.15, 0.2) is 48.6 Å². The van der Waals surface area contributed by atoms with Gasteiger partial charge >= 0.3 is 5.97 Å². The number of aliphatic carboxylic acids is 1. The standard InChI is InChI=1S/C34H41ClN2O6/c1-21-5-3-7-29(38)26-11-8-23(26)18-37-19-33(14-4-6-22-15-25(35)10-12-27(22)33)20-43-30-13-9-24(16-28(30)37)34(42,32(40)41)17-31(39)36(21)2/h3,7,9-10,12-13,15-16,21,23,26,29,38,42H,4-6,8,11,14,17-20H2,1-2H3,(H,40,41)/b7-3+/t21-,23+,26-,29+,33+,34-/m1/s1. The zero-order valence-corrected chi connectivity index (χ0v) is 25.6. The van der Waals surface area contributed by atoms with E-state index < -0.39 is 30.0 Å². The summed E-state index contributed by atoms with van der Waals surface area (Å²) in [5.41, 5.74) is 0.571. The second kappa shape index (κ2) is 11.5. The Hall–Kier alpha value is -3.07. The Balaban J connectivity index is 1.46. The molecule has 0 saturated heterocycles. The lowest BCUT2D eigenvalue weighted by Crippen LogP contribution is -2.49. The molecule has 3 N–H and O–H groups in total. The Labute approximate surface area is 257 Å². The number of rotatable bonds is 1. The first-order chi connectivity index (χ1) is 20.5. The molecule has 2 bridgehead atoms. The highest BCUT2D eigenvalue weighted by Crippen LogP contribution is 2.47. The number of halogens is 1. The van der Waals surface area contributed by atoms with Crippen LogP contribution in [-0.4, -0.2) is 71.0 Å². The van der Waals surface area contributed by atoms with Gasteiger partial charge in [0.25, 0.3) is 0 Å². The minimum Gasteiger partial charge on any atom is -0.490 e. The van der Waals surface area contributed by atoms with Gasteiger partial charge in [-0.25, -0.2) is 4.79 Å². The van der Waals surface area contributed by atoms with Gasteiger partial charge in [-0.2, -0.15) is 0 Å². The van der Waals surface area contributed by atoms with E-state index >= 15 is 0 Å². The first-order valence-corrected chi connectivity index (χ1v) is 15.8. The normalized spacial score (nSPS) is 33.5. The van der Waals surface area contributed by atoms with Gasteiger partial charge in [-0.3, -0.25) is 4.79 Å². The average molecular weight is 609 g/mol. The van der Waals surface area contributed by atoms with Gasteiger partial charge in [0.1, 0.15) is 5.75 Å². The molecule has 8 nitrogen and oxygen atoms in total. The number of aryl methyl sites for hydroxylation is 1. The number of aliphatic hydroxyl groups is 2. The van der Waals surface area contributed by atoms with Gasteiger partial charge in [0, 0.05) is 36.6 Å². The lowest BCUT2D eigenvalue weighted by atomic mass is 9.68. The van der Waals surface area contributed by atoms with E-state index in [1.807, 2.05) is 25.1 Å². The number of carboxylic acids is 1. The fraction of sp³-hybridized carbons (Fsp3) is 0.529. The SMILES string of the molecule is C[C@@H]1C/C=C/[C@H](O)[C@@H]2CC[C@H]2CN2C[C@@]3(CCCc4cc(Cl)ccc43)COc3ccc(cc32)[C@@](O)(C(=O)O)CC(=O)N1C. The highest BCUT2D eigenvalue weighted by Gasteiger charge is 2.46. The molecule has 1 saturated carbocycles. The summed E-state index contributed by atoms with van der Waals surface area (Å²) < 4.78 is 6.54. The van der Waals surface area contributed by atoms with Crippen molar-refractivity contribution in [1.29, 1.82) is 0 Å². The van der Waals surface area contributed by atoms with Gasteiger partial charge in [0.05, 0.1) is 24.8 Å². The number of carboxylic acid groups (broad SMARTS) is 1. The maximum Gasteiger partial charge on any atom is 0.340 e. The highest BCUT2D eigenvalue weighted by atomic mass is 35.5. The van der Waals surface area contributed by atoms with Crippen LogP contribution < -0.4 is 9.64 Å². The van der Waals surface area contributed by atoms with Crippen LogP contribution in [0.3, 0.4) is 0 Å². The van der Waals surface area contributed by atoms with Crippen LogP contribution in [0.2, 0.25) is 5.02 Å². The summed E-state index contributed by atoms with van der Waals surface area (Å²) >= 11 is 6.39. The Morgan fingerprint density at radius 1 is 1.16 bits per heavy atom. The maximum absolute atomic E-state index is 13.3. The zero-order valence-electron chi connectivity index (χ0n) is 24.8. The third-order valence-electron chi connectivity index (χ3n) is 10.5. The number of carbonyl (C=O) groups is 2. The van der Waals surface area contributed by atoms with Crippen molar-refractivity contribution in [3.8, 4) is 5.75 Å². The Morgan fingerprint density at radius 3 is 2.72 bits per heavy atom. The third-order valence-corrected chi connectivity index (χ3v) is 10.7. The fourth-order valence-corrected chi connectivity index (χ4v) is 7.73. The van der Waals surface area contributed by atoms with Gasteiger partial charge in [-0.15, -0.1) is 0 Å². The monoisotopic (exact) mass is 608 g/mol. The summed E-state index contributed by atoms with van der Waals surface area (Å²) in [6.07, 6.45) is 7.84. The van der Waals surface area contributed by atoms with Crippen molar-refractivity contribution >= 4 is 29.2 Å². The Kier molecular flexibility index (Phi) is 7.98. The van der Waals surface area contributed by atoms with E-state index in [-0.39, 0.29) is 28.9 Å². The number of hydrogen-bond acceptors (Lipinski definition) is 6. The number of fused-ring (bicyclic) bond motifs is 4. The van der Waals surface area contributed by atoms with Crippen LogP contribution in [0.5, 0.6) is 5.75 Å². The van der Waals surface area contributed by atoms with Crippen LogP contribution in [0.1, 0.15) is 62.1 Å². The number of benzene rings is 2. The van der Waals surface area contributed by atoms with E-state index in [4.69, 9.17) is 16.3 Å². The minimum absolute atomic E-state index is 0.0963. The second-order valence-corrected chi connectivity index (χ2v) is 13.6. The van der Waals surface area contributed by atoms with Crippen molar-refractivity contribution in [3.05, 3.63) is 70.3 Å². The van der Waals surface area contributed by atoms with Crippen molar-refractivity contribution in [1.82, 2.24) is 4.90 Å². The predicted octanol–water partition coefficient (Wildman–Crippen LogP) is 4.67. The number of carbonyl (C=O) groups excluding carboxylic acids is 1. The molecule has 6 rings (SSSR count). The summed E-state index contributed by atoms with van der Waals surface area (Å²) in [6.45, 7) is 3.62. The number of ether oxygens (including phenoxy) is 1. The van der Waals surface area contributed by atoms with Gasteiger partial charge in [-0.1, -0.05) is 35.9 Å². The molecule has 1 amide bonds. The quantitative estimate of drug-likeness (QED) is 0.404. The van der Waals surface area contributed by atoms with Crippen molar-refractivity contribution < 1.29 is 29.6 Å². The molecule has 2 aromatic carbocycles. The summed E-state index contributed by atoms with van der Waals surface area (Å²) in [4.78, 5) is 29.6. The number of hydrogen-bond donors (Lipinski definition) is 3. The van der Waals surface area contributed by atoms with E-state index in [1.165, 1.54) is 16.0 Å². The minimum atomic E-state index is -2.41. The molecule has 0 aromatic heterocycles. The number of anilines is 1. The van der Waals surface area contributed by atoms with E-state index in [1.54, 1.807) is 25.2 Å². The van der Waals surface area contributed by atoms with Crippen molar-refractivity contribution in [2.24, 2.45) is 11.8 Å². The van der Waals surface area contributed by atoms with Crippen LogP contribution in [-0.2, 0) is 27.0 Å². The molecule has 2 aliphatic carbocycles. The predicted molar refractivity (Wildman–Crippen MR) is 165 cm³/mol. The smallest absolute Gasteiger partial charge is 0.340 e. The molecule has 6 atom stereocenters. The van der Waals surface area contributed by atoms with E-state index in [0.29, 0.717) is 42.6 Å². The molecular weight excluding hydrogens is 568 g/mol. The first kappa shape index (κ1) is 30.0. The molecule has 0 unspecified atom stereocenters. The van der Waals surface area contributed by atoms with Crippen molar-refractivity contribution in [2.75, 3.05) is 31.6 Å². The molecule has 2 aliphatic heterocycles. The van der Waals surface area contributed by atoms with Crippen molar-refractivity contribution in [2.45, 2.75) is 75.0 Å². The molecular formula is C34H41ClN2O6. The summed E-state index contributed by atoms with van der Waals surface area (Å²) in [7, 11) is 1.62. The Morgan fingerprint density at radius 2 is 1.98 bits per heavy atom. The van der Waals surface area contributed by atoms with Crippen LogP contribution in [0, 0.1) is 11.8 Å². The van der Waals surface area contributed by atoms with Crippen molar-refractivity contribution in [3.63, 3.8) is 0 Å². The summed E-state index contributed by atoms with van der Waals surface area (Å²) in [6, 6.07) is 10.9. The molecule has 43 heavy (non-hydrogen) atoms. The molecule has 1 spiro atoms. The molecule has 4 aliphatic rings. The first-order valence-electron chi connectivity index (χ1n) is 15.4. The largest absolute Gasteiger partial charge is 0.490 e. The van der Waals surface area contributed by atoms with Gasteiger partial charge in [0.2, 0.25) is 5.91 Å². The van der Waals surface area contributed by atoms with Gasteiger partial charge in [-0.05, 0) is 98.2 Å². The second-order valence-electron chi connectivity index (χ2n) is 13.1. The van der Waals surface area contributed by atoms with Crippen LogP contribution in [0.25, 0.3) is 0 Å². The van der Waals surface area contributed by atoms with E-state index in [9.17, 15) is 24.9 Å². The molecule has 9 heteroatoms. The molecule has 2 heterocycles. The van der Waals surface area contributed by atoms with E-state index in [0.717, 1.165) is 32.1 Å². The number of aliphatic hydroxyl groups excluding tert-OH is 1. The van der Waals surface area contributed by atoms with Crippen LogP contribution >= 0.6 is 11.6 Å². The highest BCUT2D eigenvalue weighted by molar-refractivity contribution is 6.30. The lowest BCUT2D eigenvalue weighted by molar-refractivity contribution is -0.165. The average Bonchev–Trinajstić information content (AvgIpc) is 3.11. The third kappa shape index (κ3) is 5.42. The zero-order chi connectivity index (χ0) is 30.5. The van der Waals surface area contributed by atoms with Gasteiger partial charge < -0.3 is 29.9 Å². The fourth-order valence-electron chi connectivity index (χ4n) is 7.53. The topological polar surface area (TPSA) is 111 Å². The molecule has 0 radical (unpaired) electrons. The lowest BCUT2D eigenvalue weighted by Gasteiger charge is -2.45. The Bertz CT molecular complexity index is 1450. The number of amides is 1. The molecule has 1 fully saturated rings. The summed E-state index contributed by atoms with van der Waals surface area (Å²) in [5, 5.41) is 33.7. The van der Waals surface area contributed by atoms with Crippen LogP contribution in [0.4, 0.5) is 5.69 Å². The van der Waals surface area contributed by atoms with E-state index in [2.05, 4.69) is 17.0 Å². The number of nitrogens with zero attached hydrogens (tertiary/aromatic N) is 2.